The highest BCUT2D eigenvalue weighted by atomic mass is 16.5. The van der Waals surface area contributed by atoms with Gasteiger partial charge in [0.2, 0.25) is 0 Å². The van der Waals surface area contributed by atoms with Crippen molar-refractivity contribution < 1.29 is 14.6 Å². The van der Waals surface area contributed by atoms with Crippen LogP contribution in [0.1, 0.15) is 35.3 Å². The number of aromatic nitrogens is 1. The van der Waals surface area contributed by atoms with Crippen LogP contribution in [0.2, 0.25) is 0 Å². The predicted molar refractivity (Wildman–Crippen MR) is 95.5 cm³/mol. The number of pyridine rings is 1. The lowest BCUT2D eigenvalue weighted by Gasteiger charge is -2.40. The van der Waals surface area contributed by atoms with Crippen LogP contribution in [0.4, 0.5) is 0 Å². The molecule has 0 spiro atoms. The number of nitrogens with zero attached hydrogens (tertiary/aromatic N) is 2. The van der Waals surface area contributed by atoms with Gasteiger partial charge in [0.25, 0.3) is 5.91 Å². The van der Waals surface area contributed by atoms with Gasteiger partial charge in [0.05, 0.1) is 30.9 Å². The number of ether oxygens (including phenoxy) is 1. The summed E-state index contributed by atoms with van der Waals surface area (Å²) in [5, 5.41) is 11.3. The van der Waals surface area contributed by atoms with Gasteiger partial charge < -0.3 is 14.7 Å². The highest BCUT2D eigenvalue weighted by molar-refractivity contribution is 5.98. The SMILES string of the molecule is Cc1ccc2cc(C(=O)N3CCOC[C@@H]3[C@H]3CCC[C@@H]3O)ccc2n1. The van der Waals surface area contributed by atoms with Crippen molar-refractivity contribution in [3.63, 3.8) is 0 Å². The zero-order valence-corrected chi connectivity index (χ0v) is 14.5. The topological polar surface area (TPSA) is 62.7 Å². The Morgan fingerprint density at radius 2 is 2.16 bits per heavy atom. The lowest BCUT2D eigenvalue weighted by atomic mass is 9.93. The molecule has 2 aromatic rings. The third-order valence-electron chi connectivity index (χ3n) is 5.53. The van der Waals surface area contributed by atoms with Gasteiger partial charge in [-0.1, -0.05) is 12.5 Å². The molecule has 1 N–H and O–H groups in total. The van der Waals surface area contributed by atoms with Crippen LogP contribution in [0.25, 0.3) is 10.9 Å². The molecule has 0 bridgehead atoms. The van der Waals surface area contributed by atoms with E-state index in [2.05, 4.69) is 4.98 Å². The number of carbonyl (C=O) groups excluding carboxylic acids is 1. The van der Waals surface area contributed by atoms with Crippen LogP contribution < -0.4 is 0 Å². The van der Waals surface area contributed by atoms with Gasteiger partial charge in [-0.15, -0.1) is 0 Å². The van der Waals surface area contributed by atoms with Crippen LogP contribution in [-0.4, -0.2) is 52.8 Å². The Labute approximate surface area is 147 Å². The van der Waals surface area contributed by atoms with Crippen LogP contribution >= 0.6 is 0 Å². The van der Waals surface area contributed by atoms with Gasteiger partial charge in [0, 0.05) is 29.1 Å². The summed E-state index contributed by atoms with van der Waals surface area (Å²) in [6.45, 7) is 3.61. The van der Waals surface area contributed by atoms with E-state index in [0.29, 0.717) is 25.3 Å². The summed E-state index contributed by atoms with van der Waals surface area (Å²) < 4.78 is 5.63. The Balaban J connectivity index is 1.62. The first-order valence-corrected chi connectivity index (χ1v) is 9.08. The molecule has 1 aromatic heterocycles. The zero-order valence-electron chi connectivity index (χ0n) is 14.5. The molecule has 5 heteroatoms. The fourth-order valence-corrected chi connectivity index (χ4v) is 4.17. The summed E-state index contributed by atoms with van der Waals surface area (Å²) in [7, 11) is 0. The van der Waals surface area contributed by atoms with E-state index in [-0.39, 0.29) is 24.0 Å². The maximum Gasteiger partial charge on any atom is 0.254 e. The minimum Gasteiger partial charge on any atom is -0.393 e. The second kappa shape index (κ2) is 6.73. The lowest BCUT2D eigenvalue weighted by molar-refractivity contribution is -0.0383. The number of amides is 1. The first kappa shape index (κ1) is 16.5. The van der Waals surface area contributed by atoms with Gasteiger partial charge in [-0.05, 0) is 44.0 Å². The number of aliphatic hydroxyl groups is 1. The standard InChI is InChI=1S/C20H24N2O3/c1-13-5-6-14-11-15(7-8-17(14)21-13)20(24)22-9-10-25-12-18(22)16-3-2-4-19(16)23/h5-8,11,16,18-19,23H,2-4,9-10,12H2,1H3/t16-,18-,19+/m1/s1. The average Bonchev–Trinajstić information content (AvgIpc) is 3.06. The molecule has 1 amide bonds. The first-order valence-electron chi connectivity index (χ1n) is 9.08. The zero-order chi connectivity index (χ0) is 17.4. The average molecular weight is 340 g/mol. The second-order valence-electron chi connectivity index (χ2n) is 7.16. The molecular formula is C20H24N2O3. The molecule has 4 rings (SSSR count). The summed E-state index contributed by atoms with van der Waals surface area (Å²) in [6, 6.07) is 9.62. The van der Waals surface area contributed by atoms with Gasteiger partial charge in [0.1, 0.15) is 0 Å². The van der Waals surface area contributed by atoms with Gasteiger partial charge in [-0.25, -0.2) is 0 Å². The van der Waals surface area contributed by atoms with Crippen LogP contribution in [0.3, 0.4) is 0 Å². The quantitative estimate of drug-likeness (QED) is 0.913. The molecule has 0 unspecified atom stereocenters. The van der Waals surface area contributed by atoms with Gasteiger partial charge >= 0.3 is 0 Å². The third kappa shape index (κ3) is 3.14. The van der Waals surface area contributed by atoms with E-state index < -0.39 is 0 Å². The minimum atomic E-state index is -0.328. The number of aryl methyl sites for hydroxylation is 1. The van der Waals surface area contributed by atoms with Crippen molar-refractivity contribution >= 4 is 16.8 Å². The van der Waals surface area contributed by atoms with Crippen LogP contribution in [-0.2, 0) is 4.74 Å². The number of rotatable bonds is 2. The van der Waals surface area contributed by atoms with Gasteiger partial charge in [0.15, 0.2) is 0 Å². The van der Waals surface area contributed by atoms with E-state index in [4.69, 9.17) is 4.74 Å². The predicted octanol–water partition coefficient (Wildman–Crippen LogP) is 2.55. The molecule has 1 saturated carbocycles. The second-order valence-corrected chi connectivity index (χ2v) is 7.16. The summed E-state index contributed by atoms with van der Waals surface area (Å²) in [6.07, 6.45) is 2.47. The molecule has 3 atom stereocenters. The van der Waals surface area contributed by atoms with E-state index in [1.165, 1.54) is 0 Å². The molecule has 25 heavy (non-hydrogen) atoms. The maximum absolute atomic E-state index is 13.2. The number of hydrogen-bond acceptors (Lipinski definition) is 4. The molecule has 0 radical (unpaired) electrons. The summed E-state index contributed by atoms with van der Waals surface area (Å²) >= 11 is 0. The van der Waals surface area contributed by atoms with E-state index in [9.17, 15) is 9.90 Å². The van der Waals surface area contributed by atoms with Crippen molar-refractivity contribution in [1.82, 2.24) is 9.88 Å². The molecule has 1 aromatic carbocycles. The monoisotopic (exact) mass is 340 g/mol. The van der Waals surface area contributed by atoms with Crippen molar-refractivity contribution in [3.8, 4) is 0 Å². The molecule has 2 fully saturated rings. The number of aliphatic hydroxyl groups excluding tert-OH is 1. The summed E-state index contributed by atoms with van der Waals surface area (Å²) in [5.74, 6) is 0.142. The van der Waals surface area contributed by atoms with E-state index >= 15 is 0 Å². The largest absolute Gasteiger partial charge is 0.393 e. The number of morpholine rings is 1. The smallest absolute Gasteiger partial charge is 0.254 e. The molecule has 1 saturated heterocycles. The lowest BCUT2D eigenvalue weighted by Crippen LogP contribution is -2.53. The number of fused-ring (bicyclic) bond motifs is 1. The molecule has 132 valence electrons. The first-order chi connectivity index (χ1) is 12.1. The molecule has 2 aliphatic rings. The summed E-state index contributed by atoms with van der Waals surface area (Å²) in [5.41, 5.74) is 2.55. The molecular weight excluding hydrogens is 316 g/mol. The number of hydrogen-bond donors (Lipinski definition) is 1. The molecule has 1 aliphatic carbocycles. The molecule has 5 nitrogen and oxygen atoms in total. The van der Waals surface area contributed by atoms with Crippen molar-refractivity contribution in [3.05, 3.63) is 41.6 Å². The van der Waals surface area contributed by atoms with E-state index in [1.807, 2.05) is 42.2 Å². The fraction of sp³-hybridized carbons (Fsp3) is 0.500. The minimum absolute atomic E-state index is 0.0230. The van der Waals surface area contributed by atoms with Crippen LogP contribution in [0.15, 0.2) is 30.3 Å². The van der Waals surface area contributed by atoms with Crippen molar-refractivity contribution in [1.29, 1.82) is 0 Å². The Morgan fingerprint density at radius 1 is 1.28 bits per heavy atom. The van der Waals surface area contributed by atoms with Crippen molar-refractivity contribution in [2.75, 3.05) is 19.8 Å². The van der Waals surface area contributed by atoms with Gasteiger partial charge in [-0.3, -0.25) is 9.78 Å². The normalized spacial score (nSPS) is 27.0. The molecule has 2 heterocycles. The van der Waals surface area contributed by atoms with Crippen molar-refractivity contribution in [2.24, 2.45) is 5.92 Å². The molecule has 1 aliphatic heterocycles. The number of carbonyl (C=O) groups is 1. The Morgan fingerprint density at radius 3 is 2.96 bits per heavy atom. The highest BCUT2D eigenvalue weighted by Gasteiger charge is 2.39. The van der Waals surface area contributed by atoms with Gasteiger partial charge in [-0.2, -0.15) is 0 Å². The van der Waals surface area contributed by atoms with Crippen LogP contribution in [0.5, 0.6) is 0 Å². The van der Waals surface area contributed by atoms with E-state index in [0.717, 1.165) is 35.9 Å². The maximum atomic E-state index is 13.2. The van der Waals surface area contributed by atoms with Crippen molar-refractivity contribution in [2.45, 2.75) is 38.3 Å². The Hall–Kier alpha value is -1.98. The highest BCUT2D eigenvalue weighted by Crippen LogP contribution is 2.33. The third-order valence-corrected chi connectivity index (χ3v) is 5.53. The Kier molecular flexibility index (Phi) is 4.44. The summed E-state index contributed by atoms with van der Waals surface area (Å²) in [4.78, 5) is 19.6. The van der Waals surface area contributed by atoms with E-state index in [1.54, 1.807) is 0 Å². The number of benzene rings is 1. The Bertz CT molecular complexity index is 792. The van der Waals surface area contributed by atoms with Crippen LogP contribution in [0, 0.1) is 12.8 Å². The fourth-order valence-electron chi connectivity index (χ4n) is 4.17.